The molecule has 10 nitrogen and oxygen atoms in total. The lowest BCUT2D eigenvalue weighted by molar-refractivity contribution is -0.158. The molecule has 0 radical (unpaired) electrons. The van der Waals surface area contributed by atoms with Crippen molar-refractivity contribution in [2.45, 2.75) is 91.4 Å². The van der Waals surface area contributed by atoms with Crippen molar-refractivity contribution < 1.29 is 47.0 Å². The number of ketones is 1. The van der Waals surface area contributed by atoms with E-state index in [1.807, 2.05) is 20.8 Å². The Balaban J connectivity index is 5.24. The first kappa shape index (κ1) is 35.7. The highest BCUT2D eigenvalue weighted by Crippen LogP contribution is 2.44. The van der Waals surface area contributed by atoms with Gasteiger partial charge in [0.2, 0.25) is 0 Å². The Morgan fingerprint density at radius 3 is 1.73 bits per heavy atom. The smallest absolute Gasteiger partial charge is 0.481 e. The van der Waals surface area contributed by atoms with Crippen molar-refractivity contribution in [3.05, 3.63) is 0 Å². The molecule has 0 aromatic carbocycles. The van der Waals surface area contributed by atoms with Crippen LogP contribution < -0.4 is 0 Å². The second-order valence-electron chi connectivity index (χ2n) is 10.1. The van der Waals surface area contributed by atoms with Gasteiger partial charge in [0.1, 0.15) is 16.7 Å². The molecule has 1 N–H and O–H groups in total. The first-order chi connectivity index (χ1) is 17.0. The normalized spacial score (nSPS) is 15.4. The average Bonchev–Trinajstić information content (AvgIpc) is 2.75. The van der Waals surface area contributed by atoms with Gasteiger partial charge in [0.25, 0.3) is 0 Å². The van der Waals surface area contributed by atoms with E-state index in [0.717, 1.165) is 0 Å². The molecular weight excluding hydrogens is 568 g/mol. The highest BCUT2D eigenvalue weighted by atomic mass is 79.9. The van der Waals surface area contributed by atoms with Crippen molar-refractivity contribution >= 4 is 48.4 Å². The lowest BCUT2D eigenvalue weighted by Gasteiger charge is -2.38. The van der Waals surface area contributed by atoms with Gasteiger partial charge in [-0.3, -0.25) is 19.2 Å². The van der Waals surface area contributed by atoms with Crippen LogP contribution in [0.25, 0.3) is 0 Å². The quantitative estimate of drug-likeness (QED) is 0.0903. The maximum Gasteiger partial charge on any atom is 0.501 e. The number of aliphatic carboxylic acids is 1. The van der Waals surface area contributed by atoms with Crippen molar-refractivity contribution in [1.29, 1.82) is 0 Å². The van der Waals surface area contributed by atoms with Gasteiger partial charge in [-0.1, -0.05) is 22.9 Å². The Morgan fingerprint density at radius 1 is 0.811 bits per heavy atom. The highest BCUT2D eigenvalue weighted by Gasteiger charge is 2.47. The van der Waals surface area contributed by atoms with Gasteiger partial charge >= 0.3 is 26.7 Å². The number of Topliss-reactive ketones (excluding diaryl/α,β-unsaturated/α-hetero) is 1. The summed E-state index contributed by atoms with van der Waals surface area (Å²) in [5.74, 6) is -2.41. The third-order valence-electron chi connectivity index (χ3n) is 5.88. The van der Waals surface area contributed by atoms with Gasteiger partial charge in [-0.25, -0.2) is 0 Å². The van der Waals surface area contributed by atoms with Crippen molar-refractivity contribution in [1.82, 2.24) is 0 Å². The molecule has 0 aliphatic rings. The van der Waals surface area contributed by atoms with Crippen LogP contribution >= 0.6 is 15.9 Å². The van der Waals surface area contributed by atoms with E-state index < -0.39 is 41.9 Å². The lowest BCUT2D eigenvalue weighted by atomic mass is 9.68. The third-order valence-corrected chi connectivity index (χ3v) is 9.64. The van der Waals surface area contributed by atoms with Crippen LogP contribution in [0.2, 0.25) is 6.04 Å². The summed E-state index contributed by atoms with van der Waals surface area (Å²) in [4.78, 5) is 48.9. The van der Waals surface area contributed by atoms with Crippen LogP contribution in [-0.2, 0) is 41.9 Å². The van der Waals surface area contributed by atoms with Gasteiger partial charge < -0.3 is 27.9 Å². The number of carboxylic acid groups (broad SMARTS) is 1. The van der Waals surface area contributed by atoms with Crippen molar-refractivity contribution in [3.63, 3.8) is 0 Å². The minimum atomic E-state index is -2.84. The number of hydrogen-bond donors (Lipinski definition) is 1. The van der Waals surface area contributed by atoms with E-state index in [2.05, 4.69) is 15.9 Å². The van der Waals surface area contributed by atoms with Gasteiger partial charge in [-0.05, 0) is 67.7 Å². The number of alkyl halides is 1. The molecule has 2 unspecified atom stereocenters. The van der Waals surface area contributed by atoms with Crippen LogP contribution in [0.1, 0.15) is 81.1 Å². The summed E-state index contributed by atoms with van der Waals surface area (Å²) in [5.41, 5.74) is -2.15. The molecule has 216 valence electrons. The van der Waals surface area contributed by atoms with Crippen LogP contribution in [0.15, 0.2) is 0 Å². The van der Waals surface area contributed by atoms with Gasteiger partial charge in [0, 0.05) is 31.3 Å². The van der Waals surface area contributed by atoms with Gasteiger partial charge in [0.05, 0.1) is 18.4 Å². The maximum absolute atomic E-state index is 13.0. The molecule has 0 heterocycles. The molecule has 0 bridgehead atoms. The number of halogens is 1. The summed E-state index contributed by atoms with van der Waals surface area (Å²) in [7, 11) is -2.84. The van der Waals surface area contributed by atoms with Gasteiger partial charge in [-0.2, -0.15) is 0 Å². The monoisotopic (exact) mass is 612 g/mol. The van der Waals surface area contributed by atoms with E-state index in [4.69, 9.17) is 27.9 Å². The van der Waals surface area contributed by atoms with E-state index >= 15 is 0 Å². The maximum atomic E-state index is 13.0. The van der Waals surface area contributed by atoms with Crippen molar-refractivity contribution in [3.8, 4) is 0 Å². The summed E-state index contributed by atoms with van der Waals surface area (Å²) in [6, 6.07) is 0.498. The molecule has 0 aromatic rings. The van der Waals surface area contributed by atoms with Crippen LogP contribution in [0.3, 0.4) is 0 Å². The van der Waals surface area contributed by atoms with Crippen molar-refractivity contribution in [2.75, 3.05) is 33.0 Å². The SMILES string of the molecule is CCO[Si](CCCOC(=O)C(C)(Br)CC(C)(CC(C)(C)C(=O)OCCC(=O)O)C(C)=O)(OCC)OCC. The molecular formula is C25H45BrO10Si. The standard InChI is InChI=1S/C25H45BrO10Si/c1-9-34-37(35-10-2,36-11-3)16-12-14-32-22(31)25(8,26)18-24(7,19(4)27)17-23(5,6)21(30)33-15-13-20(28)29/h9-18H2,1-8H3,(H,28,29). The highest BCUT2D eigenvalue weighted by molar-refractivity contribution is 9.10. The van der Waals surface area contributed by atoms with Crippen molar-refractivity contribution in [2.24, 2.45) is 10.8 Å². The summed E-state index contributed by atoms with van der Waals surface area (Å²) < 4.78 is 26.9. The fourth-order valence-corrected chi connectivity index (χ4v) is 7.51. The Bertz CT molecular complexity index is 754. The summed E-state index contributed by atoms with van der Waals surface area (Å²) >= 11 is 3.45. The largest absolute Gasteiger partial charge is 0.501 e. The fraction of sp³-hybridized carbons (Fsp3) is 0.840. The van der Waals surface area contributed by atoms with Crippen LogP contribution in [0.5, 0.6) is 0 Å². The predicted molar refractivity (Wildman–Crippen MR) is 143 cm³/mol. The summed E-state index contributed by atoms with van der Waals surface area (Å²) in [6.07, 6.45) is 0.358. The predicted octanol–water partition coefficient (Wildman–Crippen LogP) is 4.54. The van der Waals surface area contributed by atoms with E-state index in [1.165, 1.54) is 6.92 Å². The molecule has 12 heteroatoms. The molecule has 0 amide bonds. The molecule has 2 atom stereocenters. The van der Waals surface area contributed by atoms with E-state index in [9.17, 15) is 19.2 Å². The Labute approximate surface area is 230 Å². The summed E-state index contributed by atoms with van der Waals surface area (Å²) in [5, 5.41) is 8.76. The second kappa shape index (κ2) is 15.9. The third kappa shape index (κ3) is 12.4. The summed E-state index contributed by atoms with van der Waals surface area (Å²) in [6.45, 7) is 14.9. The molecule has 0 saturated carbocycles. The average molecular weight is 614 g/mol. The number of carbonyl (C=O) groups is 4. The number of rotatable bonds is 20. The number of esters is 2. The Kier molecular flexibility index (Phi) is 15.3. The van der Waals surface area contributed by atoms with Gasteiger partial charge in [0.15, 0.2) is 0 Å². The molecule has 0 aliphatic carbocycles. The molecule has 0 aliphatic heterocycles. The van der Waals surface area contributed by atoms with E-state index in [0.29, 0.717) is 32.3 Å². The topological polar surface area (TPSA) is 135 Å². The number of ether oxygens (including phenoxy) is 2. The molecule has 0 saturated heterocycles. The van der Waals surface area contributed by atoms with Crippen LogP contribution in [0.4, 0.5) is 0 Å². The minimum absolute atomic E-state index is 0.0789. The first-order valence-corrected chi connectivity index (χ1v) is 15.4. The van der Waals surface area contributed by atoms with E-state index in [1.54, 1.807) is 27.7 Å². The zero-order chi connectivity index (χ0) is 28.9. The lowest BCUT2D eigenvalue weighted by Crippen LogP contribution is -2.46. The molecule has 37 heavy (non-hydrogen) atoms. The number of carboxylic acids is 1. The minimum Gasteiger partial charge on any atom is -0.481 e. The van der Waals surface area contributed by atoms with Gasteiger partial charge in [-0.15, -0.1) is 0 Å². The van der Waals surface area contributed by atoms with E-state index in [-0.39, 0.29) is 38.3 Å². The number of hydrogen-bond acceptors (Lipinski definition) is 9. The zero-order valence-corrected chi connectivity index (χ0v) is 26.2. The molecule has 0 fully saturated rings. The Morgan fingerprint density at radius 2 is 1.30 bits per heavy atom. The fourth-order valence-electron chi connectivity index (χ4n) is 4.20. The molecule has 0 aromatic heterocycles. The second-order valence-corrected chi connectivity index (χ2v) is 14.5. The number of carbonyl (C=O) groups excluding carboxylic acids is 3. The molecule has 0 rings (SSSR count). The molecule has 0 spiro atoms. The Hall–Kier alpha value is -1.34. The van der Waals surface area contributed by atoms with Crippen LogP contribution in [-0.4, -0.2) is 75.0 Å². The zero-order valence-electron chi connectivity index (χ0n) is 23.6. The first-order valence-electron chi connectivity index (χ1n) is 12.7. The van der Waals surface area contributed by atoms with Crippen LogP contribution in [0, 0.1) is 10.8 Å².